The molecule has 0 aliphatic carbocycles. The third kappa shape index (κ3) is 3.64. The lowest BCUT2D eigenvalue weighted by molar-refractivity contribution is 0.0529. The number of hydrogen-bond acceptors (Lipinski definition) is 5. The maximum absolute atomic E-state index is 12.8. The number of fused-ring (bicyclic) bond motifs is 1. The number of carbonyl (C=O) groups is 1. The number of carbonyl (C=O) groups excluding carboxylic acids is 1. The van der Waals surface area contributed by atoms with E-state index in [2.05, 4.69) is 4.98 Å². The number of aromatic amines is 1. The first-order chi connectivity index (χ1) is 14.0. The molecule has 1 N–H and O–H groups in total. The summed E-state index contributed by atoms with van der Waals surface area (Å²) in [7, 11) is 0. The minimum atomic E-state index is -0.528. The number of esters is 1. The highest BCUT2D eigenvalue weighted by molar-refractivity contribution is 7.71. The molecule has 0 spiro atoms. The molecule has 0 saturated heterocycles. The molecule has 4 aromatic rings. The van der Waals surface area contributed by atoms with E-state index in [0.717, 1.165) is 10.4 Å². The fraction of sp³-hybridized carbons (Fsp3) is 0.0952. The van der Waals surface area contributed by atoms with Crippen molar-refractivity contribution < 1.29 is 9.53 Å². The summed E-state index contributed by atoms with van der Waals surface area (Å²) >= 11 is 13.1. The number of aromatic nitrogens is 2. The Labute approximate surface area is 179 Å². The maximum Gasteiger partial charge on any atom is 0.342 e. The lowest BCUT2D eigenvalue weighted by Gasteiger charge is -2.05. The zero-order chi connectivity index (χ0) is 20.5. The molecule has 1 aromatic carbocycles. The van der Waals surface area contributed by atoms with Crippen LogP contribution in [0.1, 0.15) is 22.2 Å². The van der Waals surface area contributed by atoms with Crippen molar-refractivity contribution in [2.24, 2.45) is 0 Å². The molecular weight excluding hydrogens is 428 g/mol. The number of hydrogen-bond donors (Lipinski definition) is 1. The number of nitrogens with zero attached hydrogens (tertiary/aromatic N) is 1. The molecule has 0 saturated carbocycles. The van der Waals surface area contributed by atoms with Crippen LogP contribution in [0.5, 0.6) is 0 Å². The van der Waals surface area contributed by atoms with Crippen molar-refractivity contribution in [3.63, 3.8) is 0 Å². The van der Waals surface area contributed by atoms with Crippen molar-refractivity contribution in [3.05, 3.63) is 83.7 Å². The average molecular weight is 443 g/mol. The Hall–Kier alpha value is -2.74. The van der Waals surface area contributed by atoms with Crippen LogP contribution in [0.15, 0.2) is 52.8 Å². The summed E-state index contributed by atoms with van der Waals surface area (Å²) in [5.74, 6) is -0.528. The molecule has 4 rings (SSSR count). The minimum Gasteiger partial charge on any atom is -0.462 e. The number of halogens is 1. The number of thiophene rings is 1. The Morgan fingerprint density at radius 3 is 2.72 bits per heavy atom. The minimum absolute atomic E-state index is 0.214. The summed E-state index contributed by atoms with van der Waals surface area (Å²) in [5, 5.41) is 2.87. The van der Waals surface area contributed by atoms with Crippen molar-refractivity contribution >= 4 is 52.8 Å². The number of ether oxygens (including phenoxy) is 1. The zero-order valence-electron chi connectivity index (χ0n) is 15.3. The summed E-state index contributed by atoms with van der Waals surface area (Å²) in [4.78, 5) is 29.2. The molecule has 0 atom stereocenters. The first kappa shape index (κ1) is 19.6. The summed E-state index contributed by atoms with van der Waals surface area (Å²) in [6.45, 7) is 1.94. The van der Waals surface area contributed by atoms with Gasteiger partial charge in [-0.15, -0.1) is 11.3 Å². The SMILES string of the molecule is CCOC(=O)c1c(-c2ccc(Cl)cc2)cn2c(=S)c(=Cc3cccs3)c(=O)[nH]c12. The summed E-state index contributed by atoms with van der Waals surface area (Å²) in [6, 6.07) is 10.9. The molecule has 3 aromatic heterocycles. The molecule has 0 amide bonds. The fourth-order valence-electron chi connectivity index (χ4n) is 3.09. The van der Waals surface area contributed by atoms with Gasteiger partial charge in [0, 0.05) is 21.7 Å². The van der Waals surface area contributed by atoms with E-state index < -0.39 is 5.97 Å². The van der Waals surface area contributed by atoms with Gasteiger partial charge in [-0.1, -0.05) is 42.0 Å². The molecule has 5 nitrogen and oxygen atoms in total. The van der Waals surface area contributed by atoms with E-state index in [-0.39, 0.29) is 17.7 Å². The number of benzene rings is 1. The summed E-state index contributed by atoms with van der Waals surface area (Å²) in [5.41, 5.74) is 1.59. The Bertz CT molecular complexity index is 1370. The molecular formula is C21H15ClN2O3S2. The number of H-pyrrole nitrogens is 1. The quantitative estimate of drug-likeness (QED) is 0.374. The third-order valence-corrected chi connectivity index (χ3v) is 5.88. The second-order valence-electron chi connectivity index (χ2n) is 6.20. The van der Waals surface area contributed by atoms with Crippen LogP contribution in [-0.2, 0) is 4.74 Å². The fourth-order valence-corrected chi connectivity index (χ4v) is 4.17. The molecule has 8 heteroatoms. The lowest BCUT2D eigenvalue weighted by atomic mass is 10.0. The van der Waals surface area contributed by atoms with Crippen LogP contribution in [0.3, 0.4) is 0 Å². The average Bonchev–Trinajstić information content (AvgIpc) is 3.34. The van der Waals surface area contributed by atoms with Crippen LogP contribution in [-0.4, -0.2) is 22.0 Å². The van der Waals surface area contributed by atoms with Gasteiger partial charge in [0.15, 0.2) is 0 Å². The molecule has 0 aliphatic heterocycles. The highest BCUT2D eigenvalue weighted by Gasteiger charge is 2.22. The Balaban J connectivity index is 2.06. The zero-order valence-corrected chi connectivity index (χ0v) is 17.7. The highest BCUT2D eigenvalue weighted by atomic mass is 35.5. The molecule has 0 fully saturated rings. The van der Waals surface area contributed by atoms with E-state index in [9.17, 15) is 9.59 Å². The second-order valence-corrected chi connectivity index (χ2v) is 8.00. The van der Waals surface area contributed by atoms with Gasteiger partial charge in [0.05, 0.1) is 11.8 Å². The topological polar surface area (TPSA) is 63.6 Å². The molecule has 0 unspecified atom stereocenters. The smallest absolute Gasteiger partial charge is 0.342 e. The number of nitrogens with one attached hydrogen (secondary N) is 1. The Morgan fingerprint density at radius 1 is 1.31 bits per heavy atom. The van der Waals surface area contributed by atoms with Gasteiger partial charge in [-0.25, -0.2) is 4.79 Å². The standard InChI is InChI=1S/C21H15ClN2O3S2/c1-2-27-21(26)17-16(12-5-7-13(22)8-6-12)11-24-18(17)23-19(25)15(20(24)28)10-14-4-3-9-29-14/h3-11H,2H2,1H3,(H,23,25). The normalized spacial score (nSPS) is 11.9. The van der Waals surface area contributed by atoms with E-state index in [1.165, 1.54) is 11.3 Å². The van der Waals surface area contributed by atoms with Gasteiger partial charge in [-0.05, 0) is 42.1 Å². The van der Waals surface area contributed by atoms with Crippen LogP contribution >= 0.6 is 35.2 Å². The third-order valence-electron chi connectivity index (χ3n) is 4.40. The van der Waals surface area contributed by atoms with Crippen LogP contribution in [0.25, 0.3) is 22.9 Å². The van der Waals surface area contributed by atoms with Crippen LogP contribution in [0.2, 0.25) is 5.02 Å². The van der Waals surface area contributed by atoms with Crippen molar-refractivity contribution in [2.45, 2.75) is 6.92 Å². The van der Waals surface area contributed by atoms with Gasteiger partial charge < -0.3 is 9.72 Å². The van der Waals surface area contributed by atoms with Crippen LogP contribution in [0, 0.1) is 4.64 Å². The van der Waals surface area contributed by atoms with Gasteiger partial charge in [0.25, 0.3) is 5.56 Å². The summed E-state index contributed by atoms with van der Waals surface area (Å²) in [6.07, 6.45) is 3.49. The Morgan fingerprint density at radius 2 is 2.07 bits per heavy atom. The largest absolute Gasteiger partial charge is 0.462 e. The number of rotatable bonds is 4. The Kier molecular flexibility index (Phi) is 5.36. The predicted octanol–water partition coefficient (Wildman–Crippen LogP) is 4.46. The molecule has 146 valence electrons. The predicted molar refractivity (Wildman–Crippen MR) is 118 cm³/mol. The lowest BCUT2D eigenvalue weighted by Crippen LogP contribution is -2.30. The van der Waals surface area contributed by atoms with Crippen molar-refractivity contribution in [1.29, 1.82) is 0 Å². The first-order valence-corrected chi connectivity index (χ1v) is 10.5. The van der Waals surface area contributed by atoms with Gasteiger partial charge in [0.1, 0.15) is 15.9 Å². The molecule has 0 radical (unpaired) electrons. The first-order valence-electron chi connectivity index (χ1n) is 8.79. The monoisotopic (exact) mass is 442 g/mol. The second kappa shape index (κ2) is 7.94. The van der Waals surface area contributed by atoms with E-state index in [0.29, 0.717) is 26.1 Å². The van der Waals surface area contributed by atoms with Crippen molar-refractivity contribution in [1.82, 2.24) is 9.38 Å². The van der Waals surface area contributed by atoms with Crippen molar-refractivity contribution in [2.75, 3.05) is 6.61 Å². The van der Waals surface area contributed by atoms with E-state index in [4.69, 9.17) is 28.6 Å². The van der Waals surface area contributed by atoms with E-state index in [1.54, 1.807) is 47.9 Å². The van der Waals surface area contributed by atoms with Crippen LogP contribution in [0.4, 0.5) is 0 Å². The van der Waals surface area contributed by atoms with Gasteiger partial charge >= 0.3 is 5.97 Å². The van der Waals surface area contributed by atoms with Gasteiger partial charge in [-0.3, -0.25) is 9.20 Å². The van der Waals surface area contributed by atoms with Crippen LogP contribution < -0.4 is 10.8 Å². The van der Waals surface area contributed by atoms with E-state index in [1.807, 2.05) is 17.5 Å². The van der Waals surface area contributed by atoms with Crippen molar-refractivity contribution in [3.8, 4) is 11.1 Å². The van der Waals surface area contributed by atoms with Gasteiger partial charge in [-0.2, -0.15) is 0 Å². The highest BCUT2D eigenvalue weighted by Crippen LogP contribution is 2.29. The molecule has 29 heavy (non-hydrogen) atoms. The molecule has 0 bridgehead atoms. The van der Waals surface area contributed by atoms with Gasteiger partial charge in [0.2, 0.25) is 0 Å². The maximum atomic E-state index is 12.8. The molecule has 3 heterocycles. The summed E-state index contributed by atoms with van der Waals surface area (Å²) < 4.78 is 7.20. The molecule has 0 aliphatic rings. The van der Waals surface area contributed by atoms with E-state index >= 15 is 0 Å².